The highest BCUT2D eigenvalue weighted by atomic mass is 32.2. The molecule has 1 aliphatic rings. The van der Waals surface area contributed by atoms with Gasteiger partial charge in [0.1, 0.15) is 4.90 Å². The summed E-state index contributed by atoms with van der Waals surface area (Å²) in [7, 11) is -3.55. The minimum Gasteiger partial charge on any atom is -0.398 e. The molecule has 2 rings (SSSR count). The second-order valence-electron chi connectivity index (χ2n) is 4.88. The smallest absolute Gasteiger partial charge is 0.247 e. The van der Waals surface area contributed by atoms with Crippen LogP contribution in [0.2, 0.25) is 0 Å². The zero-order valence-corrected chi connectivity index (χ0v) is 11.5. The minimum atomic E-state index is -3.55. The minimum absolute atomic E-state index is 0.0124. The van der Waals surface area contributed by atoms with Crippen molar-refractivity contribution in [1.82, 2.24) is 9.29 Å². The van der Waals surface area contributed by atoms with Crippen LogP contribution in [0.4, 0.5) is 5.69 Å². The Morgan fingerprint density at radius 3 is 2.50 bits per heavy atom. The van der Waals surface area contributed by atoms with Crippen molar-refractivity contribution < 1.29 is 8.42 Å². The van der Waals surface area contributed by atoms with Gasteiger partial charge in [0.15, 0.2) is 0 Å². The van der Waals surface area contributed by atoms with Gasteiger partial charge in [-0.1, -0.05) is 6.42 Å². The zero-order chi connectivity index (χ0) is 13.3. The Kier molecular flexibility index (Phi) is 3.59. The van der Waals surface area contributed by atoms with E-state index in [0.29, 0.717) is 0 Å². The number of aromatic nitrogens is 1. The van der Waals surface area contributed by atoms with Crippen molar-refractivity contribution in [1.29, 1.82) is 0 Å². The number of sulfonamides is 1. The number of hydrogen-bond donors (Lipinski definition) is 1. The molecule has 2 atom stereocenters. The van der Waals surface area contributed by atoms with Gasteiger partial charge in [-0.2, -0.15) is 4.31 Å². The Bertz CT molecular complexity index is 520. The van der Waals surface area contributed by atoms with E-state index < -0.39 is 10.0 Å². The SMILES string of the molecule is C[C@@H]1CCC[C@H](C)N1S(=O)(=O)c1cnccc1N. The van der Waals surface area contributed by atoms with Crippen LogP contribution in [0.5, 0.6) is 0 Å². The third kappa shape index (κ3) is 2.22. The van der Waals surface area contributed by atoms with E-state index in [4.69, 9.17) is 5.73 Å². The van der Waals surface area contributed by atoms with Crippen LogP contribution in [-0.4, -0.2) is 29.8 Å². The van der Waals surface area contributed by atoms with Gasteiger partial charge in [0.25, 0.3) is 0 Å². The summed E-state index contributed by atoms with van der Waals surface area (Å²) in [5, 5.41) is 0. The van der Waals surface area contributed by atoms with Crippen molar-refractivity contribution in [3.8, 4) is 0 Å². The highest BCUT2D eigenvalue weighted by Gasteiger charge is 2.36. The largest absolute Gasteiger partial charge is 0.398 e. The van der Waals surface area contributed by atoms with E-state index >= 15 is 0 Å². The molecule has 1 saturated heterocycles. The molecule has 2 heterocycles. The molecule has 18 heavy (non-hydrogen) atoms. The number of nitrogens with two attached hydrogens (primary N) is 1. The summed E-state index contributed by atoms with van der Waals surface area (Å²) < 4.78 is 26.8. The van der Waals surface area contributed by atoms with Gasteiger partial charge in [-0.05, 0) is 32.8 Å². The summed E-state index contributed by atoms with van der Waals surface area (Å²) >= 11 is 0. The summed E-state index contributed by atoms with van der Waals surface area (Å²) in [4.78, 5) is 3.99. The van der Waals surface area contributed by atoms with E-state index in [-0.39, 0.29) is 22.7 Å². The monoisotopic (exact) mass is 269 g/mol. The Morgan fingerprint density at radius 1 is 1.33 bits per heavy atom. The first kappa shape index (κ1) is 13.3. The molecule has 1 aromatic heterocycles. The molecule has 0 aromatic carbocycles. The van der Waals surface area contributed by atoms with Gasteiger partial charge in [0.05, 0.1) is 5.69 Å². The number of anilines is 1. The lowest BCUT2D eigenvalue weighted by Crippen LogP contribution is -2.47. The summed E-state index contributed by atoms with van der Waals surface area (Å²) in [5.41, 5.74) is 6.02. The van der Waals surface area contributed by atoms with E-state index in [1.807, 2.05) is 13.8 Å². The first-order valence-corrected chi connectivity index (χ1v) is 7.61. The molecule has 0 radical (unpaired) electrons. The predicted octanol–water partition coefficient (Wildman–Crippen LogP) is 1.62. The molecule has 100 valence electrons. The van der Waals surface area contributed by atoms with Crippen LogP contribution in [0.25, 0.3) is 0 Å². The summed E-state index contributed by atoms with van der Waals surface area (Å²) in [6.45, 7) is 3.89. The van der Waals surface area contributed by atoms with E-state index in [1.54, 1.807) is 4.31 Å². The first-order chi connectivity index (χ1) is 8.44. The van der Waals surface area contributed by atoms with Gasteiger partial charge in [0, 0.05) is 24.5 Å². The molecule has 0 unspecified atom stereocenters. The lowest BCUT2D eigenvalue weighted by Gasteiger charge is -2.37. The lowest BCUT2D eigenvalue weighted by molar-refractivity contribution is 0.204. The molecular formula is C12H19N3O2S. The Hall–Kier alpha value is -1.14. The van der Waals surface area contributed by atoms with Gasteiger partial charge < -0.3 is 5.73 Å². The highest BCUT2D eigenvalue weighted by molar-refractivity contribution is 7.89. The maximum Gasteiger partial charge on any atom is 0.247 e. The molecule has 6 heteroatoms. The van der Waals surface area contributed by atoms with Crippen LogP contribution in [0.1, 0.15) is 33.1 Å². The van der Waals surface area contributed by atoms with E-state index in [1.165, 1.54) is 18.5 Å². The van der Waals surface area contributed by atoms with Gasteiger partial charge >= 0.3 is 0 Å². The molecule has 2 N–H and O–H groups in total. The Balaban J connectivity index is 2.45. The topological polar surface area (TPSA) is 76.3 Å². The van der Waals surface area contributed by atoms with Crippen LogP contribution < -0.4 is 5.73 Å². The second-order valence-corrected chi connectivity index (χ2v) is 6.69. The first-order valence-electron chi connectivity index (χ1n) is 6.17. The standard InChI is InChI=1S/C12H19N3O2S/c1-9-4-3-5-10(2)15(9)18(16,17)12-8-14-7-6-11(12)13/h6-10H,3-5H2,1-2H3,(H2,13,14)/t9-,10+. The summed E-state index contributed by atoms with van der Waals surface area (Å²) in [6, 6.07) is 1.54. The maximum absolute atomic E-state index is 12.6. The number of hydrogen-bond acceptors (Lipinski definition) is 4. The third-order valence-corrected chi connectivity index (χ3v) is 5.66. The average molecular weight is 269 g/mol. The molecule has 5 nitrogen and oxygen atoms in total. The van der Waals surface area contributed by atoms with E-state index in [9.17, 15) is 8.42 Å². The van der Waals surface area contributed by atoms with Crippen LogP contribution >= 0.6 is 0 Å². The number of piperidine rings is 1. The molecule has 0 spiro atoms. The normalized spacial score (nSPS) is 26.1. The molecule has 0 amide bonds. The predicted molar refractivity (Wildman–Crippen MR) is 70.4 cm³/mol. The van der Waals surface area contributed by atoms with Gasteiger partial charge in [-0.25, -0.2) is 8.42 Å². The number of nitrogen functional groups attached to an aromatic ring is 1. The molecule has 0 bridgehead atoms. The van der Waals surface area contributed by atoms with Crippen LogP contribution in [-0.2, 0) is 10.0 Å². The van der Waals surface area contributed by atoms with Gasteiger partial charge in [-0.15, -0.1) is 0 Å². The quantitative estimate of drug-likeness (QED) is 0.885. The number of pyridine rings is 1. The Labute approximate surface area is 108 Å². The van der Waals surface area contributed by atoms with Crippen molar-refractivity contribution in [3.63, 3.8) is 0 Å². The average Bonchev–Trinajstić information content (AvgIpc) is 2.28. The molecule has 0 saturated carbocycles. The van der Waals surface area contributed by atoms with E-state index in [2.05, 4.69) is 4.98 Å². The number of rotatable bonds is 2. The summed E-state index contributed by atoms with van der Waals surface area (Å²) in [5.74, 6) is 0. The lowest BCUT2D eigenvalue weighted by atomic mass is 10.0. The summed E-state index contributed by atoms with van der Waals surface area (Å²) in [6.07, 6.45) is 5.68. The molecular weight excluding hydrogens is 250 g/mol. The van der Waals surface area contributed by atoms with Crippen LogP contribution in [0, 0.1) is 0 Å². The van der Waals surface area contributed by atoms with Crippen LogP contribution in [0.3, 0.4) is 0 Å². The fraction of sp³-hybridized carbons (Fsp3) is 0.583. The van der Waals surface area contributed by atoms with Crippen molar-refractivity contribution >= 4 is 15.7 Å². The molecule has 1 aliphatic heterocycles. The second kappa shape index (κ2) is 4.85. The van der Waals surface area contributed by atoms with Crippen LogP contribution in [0.15, 0.2) is 23.4 Å². The molecule has 0 aliphatic carbocycles. The van der Waals surface area contributed by atoms with E-state index in [0.717, 1.165) is 19.3 Å². The maximum atomic E-state index is 12.6. The van der Waals surface area contributed by atoms with Gasteiger partial charge in [-0.3, -0.25) is 4.98 Å². The van der Waals surface area contributed by atoms with Gasteiger partial charge in [0.2, 0.25) is 10.0 Å². The highest BCUT2D eigenvalue weighted by Crippen LogP contribution is 2.31. The molecule has 1 fully saturated rings. The third-order valence-electron chi connectivity index (χ3n) is 3.48. The van der Waals surface area contributed by atoms with Crippen molar-refractivity contribution in [2.45, 2.75) is 50.1 Å². The van der Waals surface area contributed by atoms with Crippen molar-refractivity contribution in [3.05, 3.63) is 18.5 Å². The van der Waals surface area contributed by atoms with Crippen molar-refractivity contribution in [2.75, 3.05) is 5.73 Å². The van der Waals surface area contributed by atoms with Crippen molar-refractivity contribution in [2.24, 2.45) is 0 Å². The fourth-order valence-electron chi connectivity index (χ4n) is 2.59. The number of nitrogens with zero attached hydrogens (tertiary/aromatic N) is 2. The fourth-order valence-corrected chi connectivity index (χ4v) is 4.54. The molecule has 1 aromatic rings. The zero-order valence-electron chi connectivity index (χ0n) is 10.7. The Morgan fingerprint density at radius 2 is 1.94 bits per heavy atom.